The molecular weight excluding hydrogens is 457 g/mol. The van der Waals surface area contributed by atoms with Crippen molar-refractivity contribution in [3.63, 3.8) is 0 Å². The summed E-state index contributed by atoms with van der Waals surface area (Å²) in [5, 5.41) is 0. The summed E-state index contributed by atoms with van der Waals surface area (Å²) in [5.41, 5.74) is -2.05. The first-order chi connectivity index (χ1) is 15.4. The van der Waals surface area contributed by atoms with Crippen molar-refractivity contribution in [1.82, 2.24) is 9.62 Å². The SMILES string of the molecule is CC1(C(=O)NS(=O)(=O)Cc2ccccc2C(F)(F)F)CCN1C(=O)C/C=C/c1ccccc1. The fourth-order valence-electron chi connectivity index (χ4n) is 3.58. The third-order valence-electron chi connectivity index (χ3n) is 5.53. The molecule has 1 heterocycles. The highest BCUT2D eigenvalue weighted by Crippen LogP contribution is 2.34. The van der Waals surface area contributed by atoms with E-state index < -0.39 is 44.5 Å². The molecular formula is C23H23F3N2O4S. The molecule has 1 aliphatic rings. The summed E-state index contributed by atoms with van der Waals surface area (Å²) >= 11 is 0. The summed E-state index contributed by atoms with van der Waals surface area (Å²) in [4.78, 5) is 26.6. The first kappa shape index (κ1) is 24.5. The van der Waals surface area contributed by atoms with Crippen LogP contribution in [0.4, 0.5) is 13.2 Å². The number of halogens is 3. The second kappa shape index (κ2) is 9.38. The molecule has 1 fully saturated rings. The van der Waals surface area contributed by atoms with Crippen molar-refractivity contribution < 1.29 is 31.2 Å². The van der Waals surface area contributed by atoms with Crippen molar-refractivity contribution in [3.8, 4) is 0 Å². The maximum absolute atomic E-state index is 13.2. The lowest BCUT2D eigenvalue weighted by atomic mass is 9.85. The Morgan fingerprint density at radius 2 is 1.73 bits per heavy atom. The van der Waals surface area contributed by atoms with Gasteiger partial charge < -0.3 is 4.90 Å². The minimum absolute atomic E-state index is 0.0173. The van der Waals surface area contributed by atoms with Crippen molar-refractivity contribution in [2.75, 3.05) is 6.54 Å². The fourth-order valence-corrected chi connectivity index (χ4v) is 4.82. The van der Waals surface area contributed by atoms with Gasteiger partial charge in [-0.05, 0) is 30.5 Å². The normalized spacial score (nSPS) is 18.7. The molecule has 176 valence electrons. The summed E-state index contributed by atoms with van der Waals surface area (Å²) in [6.45, 7) is 1.71. The van der Waals surface area contributed by atoms with E-state index in [1.165, 1.54) is 17.9 Å². The quantitative estimate of drug-likeness (QED) is 0.655. The van der Waals surface area contributed by atoms with Gasteiger partial charge in [0.1, 0.15) is 5.54 Å². The minimum atomic E-state index is -4.73. The first-order valence-electron chi connectivity index (χ1n) is 10.1. The van der Waals surface area contributed by atoms with E-state index in [-0.39, 0.29) is 25.3 Å². The molecule has 6 nitrogen and oxygen atoms in total. The maximum atomic E-state index is 13.2. The predicted octanol–water partition coefficient (Wildman–Crippen LogP) is 3.75. The number of rotatable bonds is 7. The Balaban J connectivity index is 1.65. The summed E-state index contributed by atoms with van der Waals surface area (Å²) in [7, 11) is -4.43. The van der Waals surface area contributed by atoms with Crippen LogP contribution in [-0.4, -0.2) is 37.2 Å². The predicted molar refractivity (Wildman–Crippen MR) is 117 cm³/mol. The number of nitrogens with zero attached hydrogens (tertiary/aromatic N) is 1. The van der Waals surface area contributed by atoms with Crippen LogP contribution in [0.15, 0.2) is 60.7 Å². The monoisotopic (exact) mass is 480 g/mol. The molecule has 2 aromatic carbocycles. The number of carbonyl (C=O) groups is 2. The van der Waals surface area contributed by atoms with Crippen LogP contribution in [0.1, 0.15) is 36.5 Å². The minimum Gasteiger partial charge on any atom is -0.328 e. The lowest BCUT2D eigenvalue weighted by Gasteiger charge is -2.48. The van der Waals surface area contributed by atoms with Crippen LogP contribution in [0.5, 0.6) is 0 Å². The Morgan fingerprint density at radius 1 is 1.09 bits per heavy atom. The molecule has 1 atom stereocenters. The molecule has 1 aliphatic heterocycles. The van der Waals surface area contributed by atoms with Crippen LogP contribution < -0.4 is 4.72 Å². The molecule has 0 spiro atoms. The van der Waals surface area contributed by atoms with E-state index in [0.29, 0.717) is 0 Å². The molecule has 1 unspecified atom stereocenters. The molecule has 0 bridgehead atoms. The zero-order chi connectivity index (χ0) is 24.3. The molecule has 33 heavy (non-hydrogen) atoms. The van der Waals surface area contributed by atoms with Gasteiger partial charge in [-0.1, -0.05) is 60.7 Å². The topological polar surface area (TPSA) is 83.6 Å². The van der Waals surface area contributed by atoms with Gasteiger partial charge in [-0.2, -0.15) is 13.2 Å². The van der Waals surface area contributed by atoms with E-state index >= 15 is 0 Å². The Morgan fingerprint density at radius 3 is 2.33 bits per heavy atom. The number of alkyl halides is 3. The van der Waals surface area contributed by atoms with E-state index in [9.17, 15) is 31.2 Å². The number of amides is 2. The van der Waals surface area contributed by atoms with Gasteiger partial charge >= 0.3 is 6.18 Å². The van der Waals surface area contributed by atoms with Crippen LogP contribution in [0.25, 0.3) is 6.08 Å². The highest BCUT2D eigenvalue weighted by molar-refractivity contribution is 7.89. The first-order valence-corrected chi connectivity index (χ1v) is 11.8. The summed E-state index contributed by atoms with van der Waals surface area (Å²) < 4.78 is 66.3. The zero-order valence-corrected chi connectivity index (χ0v) is 18.6. The van der Waals surface area contributed by atoms with Gasteiger partial charge in [0.05, 0.1) is 11.3 Å². The highest BCUT2D eigenvalue weighted by atomic mass is 32.2. The maximum Gasteiger partial charge on any atom is 0.416 e. The molecule has 0 aliphatic carbocycles. The summed E-state index contributed by atoms with van der Waals surface area (Å²) in [5.74, 6) is -2.32. The fraction of sp³-hybridized carbons (Fsp3) is 0.304. The number of nitrogens with one attached hydrogen (secondary N) is 1. The second-order valence-corrected chi connectivity index (χ2v) is 9.65. The summed E-state index contributed by atoms with van der Waals surface area (Å²) in [6, 6.07) is 13.6. The van der Waals surface area contributed by atoms with Gasteiger partial charge in [0, 0.05) is 13.0 Å². The Labute approximate surface area is 190 Å². The van der Waals surface area contributed by atoms with E-state index in [2.05, 4.69) is 0 Å². The molecule has 10 heteroatoms. The van der Waals surface area contributed by atoms with E-state index in [1.807, 2.05) is 35.1 Å². The molecule has 0 saturated carbocycles. The van der Waals surface area contributed by atoms with Gasteiger partial charge in [0.15, 0.2) is 0 Å². The van der Waals surface area contributed by atoms with Crippen molar-refractivity contribution in [1.29, 1.82) is 0 Å². The third-order valence-corrected chi connectivity index (χ3v) is 6.71. The molecule has 1 saturated heterocycles. The van der Waals surface area contributed by atoms with Gasteiger partial charge in [0.2, 0.25) is 15.9 Å². The van der Waals surface area contributed by atoms with Gasteiger partial charge in [-0.15, -0.1) is 0 Å². The lowest BCUT2D eigenvalue weighted by Crippen LogP contribution is -2.67. The van der Waals surface area contributed by atoms with Crippen LogP contribution in [-0.2, 0) is 31.5 Å². The van der Waals surface area contributed by atoms with Crippen LogP contribution in [0.3, 0.4) is 0 Å². The molecule has 2 amide bonds. The Hall–Kier alpha value is -3.14. The standard InChI is InChI=1S/C23H23F3N2O4S/c1-22(14-15-28(22)20(29)13-7-10-17-8-3-2-4-9-17)21(30)27-33(31,32)16-18-11-5-6-12-19(18)23(24,25)26/h2-12H,13-16H2,1H3,(H,27,30)/b10-7+. The molecule has 0 radical (unpaired) electrons. The second-order valence-electron chi connectivity index (χ2n) is 7.93. The number of carbonyl (C=O) groups excluding carboxylic acids is 2. The molecule has 1 N–H and O–H groups in total. The van der Waals surface area contributed by atoms with E-state index in [0.717, 1.165) is 23.8 Å². The van der Waals surface area contributed by atoms with Crippen LogP contribution in [0.2, 0.25) is 0 Å². The Bertz CT molecular complexity index is 1160. The van der Waals surface area contributed by atoms with E-state index in [1.54, 1.807) is 12.2 Å². The lowest BCUT2D eigenvalue weighted by molar-refractivity contribution is -0.155. The van der Waals surface area contributed by atoms with Gasteiger partial charge in [0.25, 0.3) is 5.91 Å². The number of sulfonamides is 1. The number of hydrogen-bond donors (Lipinski definition) is 1. The van der Waals surface area contributed by atoms with Crippen LogP contribution >= 0.6 is 0 Å². The molecule has 2 aromatic rings. The zero-order valence-electron chi connectivity index (χ0n) is 17.8. The smallest absolute Gasteiger partial charge is 0.328 e. The van der Waals surface area contributed by atoms with Crippen molar-refractivity contribution >= 4 is 27.9 Å². The molecule has 3 rings (SSSR count). The van der Waals surface area contributed by atoms with Crippen molar-refractivity contribution in [2.24, 2.45) is 0 Å². The molecule has 0 aromatic heterocycles. The number of benzene rings is 2. The third kappa shape index (κ3) is 5.81. The van der Waals surface area contributed by atoms with Crippen molar-refractivity contribution in [3.05, 3.63) is 77.4 Å². The number of hydrogen-bond acceptors (Lipinski definition) is 4. The van der Waals surface area contributed by atoms with Crippen molar-refractivity contribution in [2.45, 2.75) is 37.2 Å². The van der Waals surface area contributed by atoms with Gasteiger partial charge in [-0.3, -0.25) is 14.3 Å². The average Bonchev–Trinajstić information content (AvgIpc) is 2.72. The largest absolute Gasteiger partial charge is 0.416 e. The Kier molecular flexibility index (Phi) is 6.97. The number of likely N-dealkylation sites (tertiary alicyclic amines) is 1. The summed E-state index contributed by atoms with van der Waals surface area (Å²) in [6.07, 6.45) is -1.06. The van der Waals surface area contributed by atoms with E-state index in [4.69, 9.17) is 0 Å². The van der Waals surface area contributed by atoms with Crippen LogP contribution in [0, 0.1) is 0 Å². The average molecular weight is 481 g/mol. The van der Waals surface area contributed by atoms with Gasteiger partial charge in [-0.25, -0.2) is 8.42 Å². The highest BCUT2D eigenvalue weighted by Gasteiger charge is 2.50.